The van der Waals surface area contributed by atoms with E-state index in [0.29, 0.717) is 13.0 Å². The molecule has 1 amide bonds. The molecule has 102 valence electrons. The summed E-state index contributed by atoms with van der Waals surface area (Å²) in [5, 5.41) is 0. The summed E-state index contributed by atoms with van der Waals surface area (Å²) in [6, 6.07) is 3.66. The van der Waals surface area contributed by atoms with Gasteiger partial charge in [-0.15, -0.1) is 0 Å². The molecule has 0 radical (unpaired) electrons. The molecule has 1 heterocycles. The van der Waals surface area contributed by atoms with Crippen LogP contribution in [-0.2, 0) is 11.3 Å². The Kier molecular flexibility index (Phi) is 4.57. The van der Waals surface area contributed by atoms with E-state index >= 15 is 0 Å². The van der Waals surface area contributed by atoms with Gasteiger partial charge in [-0.25, -0.2) is 0 Å². The number of nitrogens with two attached hydrogens (primary N) is 1. The fourth-order valence-electron chi connectivity index (χ4n) is 1.54. The van der Waals surface area contributed by atoms with Gasteiger partial charge in [0.25, 0.3) is 0 Å². The SMILES string of the molecule is Cc1ccc(CN(C)C(=O)CC(N)C(C)(C)C)o1. The standard InChI is InChI=1S/C14H24N2O2/c1-10-6-7-11(18-10)9-16(5)13(17)8-12(15)14(2,3)4/h6-7,12H,8-9,15H2,1-5H3. The van der Waals surface area contributed by atoms with Crippen molar-refractivity contribution in [3.05, 3.63) is 23.7 Å². The van der Waals surface area contributed by atoms with E-state index < -0.39 is 0 Å². The first kappa shape index (κ1) is 14.8. The van der Waals surface area contributed by atoms with E-state index in [1.165, 1.54) is 0 Å². The molecular formula is C14H24N2O2. The van der Waals surface area contributed by atoms with E-state index in [-0.39, 0.29) is 17.4 Å². The average molecular weight is 252 g/mol. The molecule has 0 fully saturated rings. The summed E-state index contributed by atoms with van der Waals surface area (Å²) in [5.74, 6) is 1.71. The minimum atomic E-state index is -0.134. The highest BCUT2D eigenvalue weighted by Gasteiger charge is 2.24. The van der Waals surface area contributed by atoms with E-state index in [2.05, 4.69) is 0 Å². The molecular weight excluding hydrogens is 228 g/mol. The van der Waals surface area contributed by atoms with Gasteiger partial charge in [-0.05, 0) is 24.5 Å². The zero-order chi connectivity index (χ0) is 13.9. The van der Waals surface area contributed by atoms with Crippen LogP contribution in [0.5, 0.6) is 0 Å². The van der Waals surface area contributed by atoms with E-state index in [1.54, 1.807) is 11.9 Å². The Balaban J connectivity index is 2.52. The van der Waals surface area contributed by atoms with Crippen LogP contribution in [-0.4, -0.2) is 23.9 Å². The fourth-order valence-corrected chi connectivity index (χ4v) is 1.54. The summed E-state index contributed by atoms with van der Waals surface area (Å²) in [6.07, 6.45) is 0.361. The third-order valence-corrected chi connectivity index (χ3v) is 3.12. The molecule has 4 heteroatoms. The number of amides is 1. The first-order valence-electron chi connectivity index (χ1n) is 6.25. The van der Waals surface area contributed by atoms with E-state index in [1.807, 2.05) is 39.8 Å². The Morgan fingerprint density at radius 1 is 1.44 bits per heavy atom. The molecule has 0 aliphatic carbocycles. The van der Waals surface area contributed by atoms with Crippen LogP contribution in [0.2, 0.25) is 0 Å². The van der Waals surface area contributed by atoms with Crippen molar-refractivity contribution in [1.82, 2.24) is 4.90 Å². The zero-order valence-corrected chi connectivity index (χ0v) is 12.0. The molecule has 4 nitrogen and oxygen atoms in total. The first-order valence-corrected chi connectivity index (χ1v) is 6.25. The van der Waals surface area contributed by atoms with Crippen molar-refractivity contribution in [2.45, 2.75) is 46.7 Å². The molecule has 0 aliphatic heterocycles. The van der Waals surface area contributed by atoms with E-state index in [4.69, 9.17) is 10.2 Å². The molecule has 2 N–H and O–H groups in total. The number of carbonyl (C=O) groups excluding carboxylic acids is 1. The van der Waals surface area contributed by atoms with Crippen molar-refractivity contribution in [2.24, 2.45) is 11.1 Å². The molecule has 18 heavy (non-hydrogen) atoms. The molecule has 1 aromatic heterocycles. The van der Waals surface area contributed by atoms with Crippen LogP contribution in [0.3, 0.4) is 0 Å². The number of hydrogen-bond donors (Lipinski definition) is 1. The Hall–Kier alpha value is -1.29. The van der Waals surface area contributed by atoms with Crippen LogP contribution in [0.4, 0.5) is 0 Å². The van der Waals surface area contributed by atoms with Crippen LogP contribution < -0.4 is 5.73 Å². The molecule has 1 aromatic rings. The molecule has 1 unspecified atom stereocenters. The second-order valence-corrected chi connectivity index (χ2v) is 5.94. The van der Waals surface area contributed by atoms with Crippen molar-refractivity contribution in [3.63, 3.8) is 0 Å². The number of hydrogen-bond acceptors (Lipinski definition) is 3. The van der Waals surface area contributed by atoms with Gasteiger partial charge in [-0.1, -0.05) is 20.8 Å². The number of nitrogens with zero attached hydrogens (tertiary/aromatic N) is 1. The van der Waals surface area contributed by atoms with Crippen LogP contribution in [0.15, 0.2) is 16.5 Å². The van der Waals surface area contributed by atoms with E-state index in [0.717, 1.165) is 11.5 Å². The fraction of sp³-hybridized carbons (Fsp3) is 0.643. The molecule has 1 atom stereocenters. The van der Waals surface area contributed by atoms with Crippen molar-refractivity contribution >= 4 is 5.91 Å². The smallest absolute Gasteiger partial charge is 0.224 e. The molecule has 0 saturated heterocycles. The van der Waals surface area contributed by atoms with Gasteiger partial charge in [0.2, 0.25) is 5.91 Å². The highest BCUT2D eigenvalue weighted by Crippen LogP contribution is 2.20. The topological polar surface area (TPSA) is 59.5 Å². The average Bonchev–Trinajstić information content (AvgIpc) is 2.62. The second kappa shape index (κ2) is 5.57. The Morgan fingerprint density at radius 2 is 2.06 bits per heavy atom. The summed E-state index contributed by atoms with van der Waals surface area (Å²) in [6.45, 7) is 8.51. The van der Waals surface area contributed by atoms with Crippen LogP contribution in [0.1, 0.15) is 38.7 Å². The Bertz CT molecular complexity index is 404. The Morgan fingerprint density at radius 3 is 2.50 bits per heavy atom. The van der Waals surface area contributed by atoms with Crippen LogP contribution in [0, 0.1) is 12.3 Å². The highest BCUT2D eigenvalue weighted by atomic mass is 16.3. The van der Waals surface area contributed by atoms with Crippen molar-refractivity contribution in [3.8, 4) is 0 Å². The van der Waals surface area contributed by atoms with Crippen molar-refractivity contribution < 1.29 is 9.21 Å². The molecule has 0 bridgehead atoms. The largest absolute Gasteiger partial charge is 0.464 e. The summed E-state index contributed by atoms with van der Waals surface area (Å²) >= 11 is 0. The molecule has 0 aliphatic rings. The van der Waals surface area contributed by atoms with Gasteiger partial charge < -0.3 is 15.1 Å². The van der Waals surface area contributed by atoms with E-state index in [9.17, 15) is 4.79 Å². The Labute approximate surface area is 109 Å². The third-order valence-electron chi connectivity index (χ3n) is 3.12. The van der Waals surface area contributed by atoms with Crippen LogP contribution in [0.25, 0.3) is 0 Å². The first-order chi connectivity index (χ1) is 8.20. The van der Waals surface area contributed by atoms with Crippen molar-refractivity contribution in [2.75, 3.05) is 7.05 Å². The third kappa shape index (κ3) is 4.18. The monoisotopic (exact) mass is 252 g/mol. The maximum Gasteiger partial charge on any atom is 0.224 e. The maximum atomic E-state index is 12.0. The minimum Gasteiger partial charge on any atom is -0.464 e. The van der Waals surface area contributed by atoms with Crippen molar-refractivity contribution in [1.29, 1.82) is 0 Å². The lowest BCUT2D eigenvalue weighted by molar-refractivity contribution is -0.131. The predicted molar refractivity (Wildman–Crippen MR) is 72.0 cm³/mol. The van der Waals surface area contributed by atoms with Gasteiger partial charge in [0.05, 0.1) is 6.54 Å². The summed E-state index contributed by atoms with van der Waals surface area (Å²) in [7, 11) is 1.77. The quantitative estimate of drug-likeness (QED) is 0.894. The summed E-state index contributed by atoms with van der Waals surface area (Å²) in [5.41, 5.74) is 5.96. The number of carbonyl (C=O) groups is 1. The number of rotatable bonds is 4. The maximum absolute atomic E-state index is 12.0. The van der Waals surface area contributed by atoms with Gasteiger partial charge in [0.15, 0.2) is 0 Å². The van der Waals surface area contributed by atoms with Crippen LogP contribution >= 0.6 is 0 Å². The second-order valence-electron chi connectivity index (χ2n) is 5.94. The summed E-state index contributed by atoms with van der Waals surface area (Å²) < 4.78 is 5.45. The lowest BCUT2D eigenvalue weighted by atomic mass is 9.85. The van der Waals surface area contributed by atoms with Gasteiger partial charge in [0.1, 0.15) is 11.5 Å². The molecule has 0 saturated carbocycles. The lowest BCUT2D eigenvalue weighted by Gasteiger charge is -2.28. The number of furan rings is 1. The highest BCUT2D eigenvalue weighted by molar-refractivity contribution is 5.76. The lowest BCUT2D eigenvalue weighted by Crippen LogP contribution is -2.40. The van der Waals surface area contributed by atoms with Gasteiger partial charge >= 0.3 is 0 Å². The minimum absolute atomic E-state index is 0.0477. The molecule has 1 rings (SSSR count). The zero-order valence-electron chi connectivity index (χ0n) is 12.0. The molecule has 0 aromatic carbocycles. The normalized spacial score (nSPS) is 13.4. The molecule has 0 spiro atoms. The van der Waals surface area contributed by atoms with Gasteiger partial charge in [-0.3, -0.25) is 4.79 Å². The summed E-state index contributed by atoms with van der Waals surface area (Å²) in [4.78, 5) is 13.7. The van der Waals surface area contributed by atoms with Gasteiger partial charge in [0, 0.05) is 19.5 Å². The predicted octanol–water partition coefficient (Wildman–Crippen LogP) is 2.31. The number of aryl methyl sites for hydroxylation is 1. The van der Waals surface area contributed by atoms with Gasteiger partial charge in [-0.2, -0.15) is 0 Å².